The minimum atomic E-state index is -0.431. The van der Waals surface area contributed by atoms with Gasteiger partial charge in [-0.3, -0.25) is 9.59 Å². The zero-order chi connectivity index (χ0) is 23.9. The van der Waals surface area contributed by atoms with Crippen LogP contribution in [-0.2, 0) is 11.3 Å². The molecule has 7 nitrogen and oxygen atoms in total. The van der Waals surface area contributed by atoms with Gasteiger partial charge in [0.05, 0.1) is 14.2 Å². The zero-order valence-corrected chi connectivity index (χ0v) is 18.9. The van der Waals surface area contributed by atoms with E-state index < -0.39 is 5.91 Å². The van der Waals surface area contributed by atoms with E-state index in [1.165, 1.54) is 0 Å². The fraction of sp³-hybridized carbons (Fsp3) is 0.111. The molecule has 0 bridgehead atoms. The molecule has 2 amide bonds. The maximum absolute atomic E-state index is 13.2. The number of hydrogen-bond donors (Lipinski definition) is 3. The van der Waals surface area contributed by atoms with Gasteiger partial charge in [0, 0.05) is 40.3 Å². The molecule has 0 unspecified atom stereocenters. The van der Waals surface area contributed by atoms with Crippen molar-refractivity contribution in [2.45, 2.75) is 6.54 Å². The smallest absolute Gasteiger partial charge is 0.268 e. The number of carbonyl (C=O) groups is 2. The second kappa shape index (κ2) is 10.4. The Bertz CT molecular complexity index is 1340. The molecule has 0 aliphatic heterocycles. The first-order chi connectivity index (χ1) is 16.6. The second-order valence-corrected chi connectivity index (χ2v) is 7.50. The molecule has 0 spiro atoms. The second-order valence-electron chi connectivity index (χ2n) is 7.50. The van der Waals surface area contributed by atoms with Gasteiger partial charge in [-0.15, -0.1) is 0 Å². The van der Waals surface area contributed by atoms with Crippen molar-refractivity contribution < 1.29 is 19.1 Å². The molecule has 1 heterocycles. The maximum Gasteiger partial charge on any atom is 0.268 e. The number of nitrogens with one attached hydrogen (secondary N) is 3. The average molecular weight is 456 g/mol. The summed E-state index contributed by atoms with van der Waals surface area (Å²) in [5.41, 5.74) is 3.04. The molecule has 4 rings (SSSR count). The number of methoxy groups -OCH3 is 2. The van der Waals surface area contributed by atoms with Gasteiger partial charge in [0.1, 0.15) is 5.70 Å². The molecule has 1 aromatic heterocycles. The minimum absolute atomic E-state index is 0.125. The summed E-state index contributed by atoms with van der Waals surface area (Å²) in [5, 5.41) is 6.58. The van der Waals surface area contributed by atoms with E-state index in [9.17, 15) is 9.59 Å². The van der Waals surface area contributed by atoms with Gasteiger partial charge < -0.3 is 25.1 Å². The summed E-state index contributed by atoms with van der Waals surface area (Å²) in [5.74, 6) is 0.308. The summed E-state index contributed by atoms with van der Waals surface area (Å²) >= 11 is 0. The summed E-state index contributed by atoms with van der Waals surface area (Å²) in [4.78, 5) is 29.2. The Hall–Kier alpha value is -4.52. The van der Waals surface area contributed by atoms with Gasteiger partial charge in [-0.25, -0.2) is 0 Å². The SMILES string of the molecule is COc1cccc(CNC(=O)/C(=C/c2c[nH]c3ccccc23)NC(=O)c2ccccc2)c1OC. The van der Waals surface area contributed by atoms with Crippen LogP contribution in [0.3, 0.4) is 0 Å². The van der Waals surface area contributed by atoms with Crippen molar-refractivity contribution in [1.82, 2.24) is 15.6 Å². The molecule has 4 aromatic rings. The van der Waals surface area contributed by atoms with Gasteiger partial charge >= 0.3 is 0 Å². The molecule has 0 atom stereocenters. The normalized spacial score (nSPS) is 11.2. The number of hydrogen-bond acceptors (Lipinski definition) is 4. The van der Waals surface area contributed by atoms with E-state index in [0.29, 0.717) is 17.1 Å². The largest absolute Gasteiger partial charge is 0.493 e. The number of fused-ring (bicyclic) bond motifs is 1. The van der Waals surface area contributed by atoms with Crippen molar-refractivity contribution in [3.05, 3.63) is 101 Å². The van der Waals surface area contributed by atoms with Crippen LogP contribution in [0.15, 0.2) is 84.7 Å². The molecule has 0 fully saturated rings. The zero-order valence-electron chi connectivity index (χ0n) is 18.9. The lowest BCUT2D eigenvalue weighted by Gasteiger charge is -2.14. The fourth-order valence-corrected chi connectivity index (χ4v) is 3.67. The highest BCUT2D eigenvalue weighted by Gasteiger charge is 2.17. The standard InChI is InChI=1S/C27H25N3O4/c1-33-24-14-8-11-19(25(24)34-2)16-29-27(32)23(30-26(31)18-9-4-3-5-10-18)15-20-17-28-22-13-7-6-12-21(20)22/h3-15,17,28H,16H2,1-2H3,(H,29,32)(H,30,31)/b23-15-. The Balaban J connectivity index is 1.62. The minimum Gasteiger partial charge on any atom is -0.493 e. The summed E-state index contributed by atoms with van der Waals surface area (Å²) in [6.45, 7) is 0.186. The molecule has 0 aliphatic rings. The van der Waals surface area contributed by atoms with E-state index in [4.69, 9.17) is 9.47 Å². The van der Waals surface area contributed by atoms with Gasteiger partial charge in [0.2, 0.25) is 0 Å². The molecule has 34 heavy (non-hydrogen) atoms. The Morgan fingerprint density at radius 2 is 1.68 bits per heavy atom. The van der Waals surface area contributed by atoms with E-state index >= 15 is 0 Å². The van der Waals surface area contributed by atoms with Crippen LogP contribution in [0.25, 0.3) is 17.0 Å². The van der Waals surface area contributed by atoms with Crippen LogP contribution in [0.1, 0.15) is 21.5 Å². The van der Waals surface area contributed by atoms with Crippen molar-refractivity contribution in [2.75, 3.05) is 14.2 Å². The lowest BCUT2D eigenvalue weighted by molar-refractivity contribution is -0.117. The topological polar surface area (TPSA) is 92.5 Å². The summed E-state index contributed by atoms with van der Waals surface area (Å²) in [6, 6.07) is 22.0. The lowest BCUT2D eigenvalue weighted by Crippen LogP contribution is -2.34. The summed E-state index contributed by atoms with van der Waals surface area (Å²) in [7, 11) is 3.10. The van der Waals surface area contributed by atoms with Crippen LogP contribution < -0.4 is 20.1 Å². The third-order valence-corrected chi connectivity index (χ3v) is 5.37. The molecule has 172 valence electrons. The van der Waals surface area contributed by atoms with Crippen LogP contribution in [0, 0.1) is 0 Å². The number of aromatic nitrogens is 1. The molecule has 0 saturated heterocycles. The maximum atomic E-state index is 13.2. The van der Waals surface area contributed by atoms with Crippen molar-refractivity contribution in [2.24, 2.45) is 0 Å². The number of H-pyrrole nitrogens is 1. The van der Waals surface area contributed by atoms with E-state index in [1.807, 2.05) is 42.5 Å². The highest BCUT2D eigenvalue weighted by atomic mass is 16.5. The number of amides is 2. The van der Waals surface area contributed by atoms with Crippen molar-refractivity contribution in [3.8, 4) is 11.5 Å². The van der Waals surface area contributed by atoms with Gasteiger partial charge in [-0.1, -0.05) is 48.5 Å². The van der Waals surface area contributed by atoms with E-state index in [1.54, 1.807) is 56.8 Å². The van der Waals surface area contributed by atoms with Gasteiger partial charge in [0.25, 0.3) is 11.8 Å². The molecule has 0 radical (unpaired) electrons. The molecule has 0 aliphatic carbocycles. The molecule has 3 N–H and O–H groups in total. The Morgan fingerprint density at radius 1 is 0.912 bits per heavy atom. The van der Waals surface area contributed by atoms with Gasteiger partial charge in [-0.05, 0) is 30.3 Å². The number of ether oxygens (including phenoxy) is 2. The predicted octanol–water partition coefficient (Wildman–Crippen LogP) is 4.27. The van der Waals surface area contributed by atoms with Crippen molar-refractivity contribution in [3.63, 3.8) is 0 Å². The monoisotopic (exact) mass is 455 g/mol. The third kappa shape index (κ3) is 4.94. The summed E-state index contributed by atoms with van der Waals surface area (Å²) in [6.07, 6.45) is 3.47. The highest BCUT2D eigenvalue weighted by molar-refractivity contribution is 6.06. The Labute approximate surface area is 197 Å². The first-order valence-corrected chi connectivity index (χ1v) is 10.7. The summed E-state index contributed by atoms with van der Waals surface area (Å²) < 4.78 is 10.8. The first-order valence-electron chi connectivity index (χ1n) is 10.7. The number of carbonyl (C=O) groups excluding carboxylic acids is 2. The molecule has 0 saturated carbocycles. The fourth-order valence-electron chi connectivity index (χ4n) is 3.67. The molecule has 3 aromatic carbocycles. The molecule has 7 heteroatoms. The van der Waals surface area contributed by atoms with Gasteiger partial charge in [-0.2, -0.15) is 0 Å². The Morgan fingerprint density at radius 3 is 2.44 bits per heavy atom. The molecular weight excluding hydrogens is 430 g/mol. The van der Waals surface area contributed by atoms with Crippen LogP contribution in [0.5, 0.6) is 11.5 Å². The number of rotatable bonds is 8. The van der Waals surface area contributed by atoms with Crippen LogP contribution >= 0.6 is 0 Å². The average Bonchev–Trinajstić information content (AvgIpc) is 3.29. The molecular formula is C27H25N3O4. The predicted molar refractivity (Wildman–Crippen MR) is 132 cm³/mol. The number of benzene rings is 3. The highest BCUT2D eigenvalue weighted by Crippen LogP contribution is 2.30. The van der Waals surface area contributed by atoms with Crippen molar-refractivity contribution >= 4 is 28.8 Å². The van der Waals surface area contributed by atoms with Crippen molar-refractivity contribution in [1.29, 1.82) is 0 Å². The van der Waals surface area contributed by atoms with Gasteiger partial charge in [0.15, 0.2) is 11.5 Å². The number of para-hydroxylation sites is 2. The van der Waals surface area contributed by atoms with Crippen LogP contribution in [0.4, 0.5) is 0 Å². The lowest BCUT2D eigenvalue weighted by atomic mass is 10.1. The Kier molecular flexibility index (Phi) is 6.93. The number of aromatic amines is 1. The van der Waals surface area contributed by atoms with Crippen LogP contribution in [0.2, 0.25) is 0 Å². The van der Waals surface area contributed by atoms with E-state index in [2.05, 4.69) is 15.6 Å². The quantitative estimate of drug-likeness (QED) is 0.346. The van der Waals surface area contributed by atoms with E-state index in [-0.39, 0.29) is 18.1 Å². The van der Waals surface area contributed by atoms with E-state index in [0.717, 1.165) is 22.0 Å². The third-order valence-electron chi connectivity index (χ3n) is 5.37. The first kappa shape index (κ1) is 22.7. The van der Waals surface area contributed by atoms with Crippen LogP contribution in [-0.4, -0.2) is 31.0 Å².